The van der Waals surface area contributed by atoms with Gasteiger partial charge < -0.3 is 4.74 Å². The van der Waals surface area contributed by atoms with Gasteiger partial charge in [-0.15, -0.1) is 0 Å². The van der Waals surface area contributed by atoms with Crippen molar-refractivity contribution in [1.82, 2.24) is 9.78 Å². The average molecular weight is 298 g/mol. The molecule has 4 nitrogen and oxygen atoms in total. The maximum absolute atomic E-state index is 12.2. The molecule has 0 aliphatic heterocycles. The number of carbonyl (C=O) groups excluding carboxylic acids is 1. The van der Waals surface area contributed by atoms with Crippen LogP contribution in [0, 0.1) is 12.8 Å². The molecule has 0 saturated carbocycles. The van der Waals surface area contributed by atoms with E-state index in [4.69, 9.17) is 4.74 Å². The highest BCUT2D eigenvalue weighted by Crippen LogP contribution is 2.16. The molecule has 0 aliphatic rings. The smallest absolute Gasteiger partial charge is 0.189 e. The monoisotopic (exact) mass is 298 g/mol. The molecule has 0 amide bonds. The van der Waals surface area contributed by atoms with E-state index >= 15 is 0 Å². The summed E-state index contributed by atoms with van der Waals surface area (Å²) in [5.41, 5.74) is 2.31. The standard InChI is InChI=1S/C18H22N2O2/c1-13(2)12-22-16-7-5-6-15(10-16)8-9-18(21)17-11-20(4)19-14(17)3/h5-11,13H,12H2,1-4H3/b9-8+. The molecule has 116 valence electrons. The van der Waals surface area contributed by atoms with Gasteiger partial charge in [-0.1, -0.05) is 32.1 Å². The fourth-order valence-electron chi connectivity index (χ4n) is 2.07. The Morgan fingerprint density at radius 3 is 2.82 bits per heavy atom. The number of aryl methyl sites for hydroxylation is 2. The Morgan fingerprint density at radius 2 is 2.18 bits per heavy atom. The van der Waals surface area contributed by atoms with Crippen LogP contribution in [-0.4, -0.2) is 22.2 Å². The molecule has 2 rings (SSSR count). The number of carbonyl (C=O) groups is 1. The fourth-order valence-corrected chi connectivity index (χ4v) is 2.07. The third-order valence-electron chi connectivity index (χ3n) is 3.15. The molecule has 0 atom stereocenters. The summed E-state index contributed by atoms with van der Waals surface area (Å²) >= 11 is 0. The lowest BCUT2D eigenvalue weighted by molar-refractivity contribution is 0.104. The van der Waals surface area contributed by atoms with Crippen LogP contribution >= 0.6 is 0 Å². The molecule has 0 unspecified atom stereocenters. The van der Waals surface area contributed by atoms with Gasteiger partial charge in [0.25, 0.3) is 0 Å². The minimum absolute atomic E-state index is 0.0425. The first-order valence-electron chi connectivity index (χ1n) is 7.41. The molecule has 0 N–H and O–H groups in total. The number of nitrogens with zero attached hydrogens (tertiary/aromatic N) is 2. The molecule has 0 radical (unpaired) electrons. The third-order valence-corrected chi connectivity index (χ3v) is 3.15. The van der Waals surface area contributed by atoms with Crippen LogP contribution in [0.4, 0.5) is 0 Å². The van der Waals surface area contributed by atoms with Gasteiger partial charge in [-0.05, 0) is 36.6 Å². The van der Waals surface area contributed by atoms with Crippen LogP contribution in [0.1, 0.15) is 35.5 Å². The van der Waals surface area contributed by atoms with Crippen molar-refractivity contribution in [2.75, 3.05) is 6.61 Å². The van der Waals surface area contributed by atoms with Gasteiger partial charge in [0.15, 0.2) is 5.78 Å². The van der Waals surface area contributed by atoms with E-state index < -0.39 is 0 Å². The Labute approximate surface area is 131 Å². The number of hydrogen-bond acceptors (Lipinski definition) is 3. The van der Waals surface area contributed by atoms with Crippen LogP contribution in [0.3, 0.4) is 0 Å². The molecule has 22 heavy (non-hydrogen) atoms. The van der Waals surface area contributed by atoms with E-state index in [-0.39, 0.29) is 5.78 Å². The number of allylic oxidation sites excluding steroid dienone is 1. The van der Waals surface area contributed by atoms with Crippen LogP contribution in [0.15, 0.2) is 36.5 Å². The second-order valence-corrected chi connectivity index (χ2v) is 5.78. The number of ketones is 1. The minimum atomic E-state index is -0.0425. The first-order valence-corrected chi connectivity index (χ1v) is 7.41. The quantitative estimate of drug-likeness (QED) is 0.604. The predicted molar refractivity (Wildman–Crippen MR) is 88.1 cm³/mol. The van der Waals surface area contributed by atoms with E-state index in [0.29, 0.717) is 18.1 Å². The van der Waals surface area contributed by atoms with Gasteiger partial charge in [-0.25, -0.2) is 0 Å². The fraction of sp³-hybridized carbons (Fsp3) is 0.333. The highest BCUT2D eigenvalue weighted by atomic mass is 16.5. The molecular formula is C18H22N2O2. The van der Waals surface area contributed by atoms with E-state index in [9.17, 15) is 4.79 Å². The first kappa shape index (κ1) is 16.0. The SMILES string of the molecule is Cc1nn(C)cc1C(=O)/C=C/c1cccc(OCC(C)C)c1. The highest BCUT2D eigenvalue weighted by Gasteiger charge is 2.09. The van der Waals surface area contributed by atoms with Gasteiger partial charge in [0.05, 0.1) is 17.9 Å². The Hall–Kier alpha value is -2.36. The van der Waals surface area contributed by atoms with Crippen molar-refractivity contribution >= 4 is 11.9 Å². The summed E-state index contributed by atoms with van der Waals surface area (Å²) in [5, 5.41) is 4.18. The summed E-state index contributed by atoms with van der Waals surface area (Å²) in [6.45, 7) is 6.74. The van der Waals surface area contributed by atoms with E-state index in [1.54, 1.807) is 23.0 Å². The van der Waals surface area contributed by atoms with Crippen LogP contribution in [-0.2, 0) is 7.05 Å². The molecule has 0 fully saturated rings. The summed E-state index contributed by atoms with van der Waals surface area (Å²) in [4.78, 5) is 12.2. The van der Waals surface area contributed by atoms with Gasteiger partial charge in [0.2, 0.25) is 0 Å². The van der Waals surface area contributed by atoms with Crippen molar-refractivity contribution in [2.24, 2.45) is 13.0 Å². The number of hydrogen-bond donors (Lipinski definition) is 0. The second-order valence-electron chi connectivity index (χ2n) is 5.78. The summed E-state index contributed by atoms with van der Waals surface area (Å²) in [7, 11) is 1.81. The molecule has 0 saturated heterocycles. The number of rotatable bonds is 6. The van der Waals surface area contributed by atoms with Crippen molar-refractivity contribution < 1.29 is 9.53 Å². The summed E-state index contributed by atoms with van der Waals surface area (Å²) in [6.07, 6.45) is 5.12. The third kappa shape index (κ3) is 4.32. The zero-order valence-corrected chi connectivity index (χ0v) is 13.5. The maximum Gasteiger partial charge on any atom is 0.189 e. The van der Waals surface area contributed by atoms with Gasteiger partial charge in [0, 0.05) is 13.2 Å². The molecule has 1 aromatic carbocycles. The van der Waals surface area contributed by atoms with Gasteiger partial charge in [0.1, 0.15) is 5.75 Å². The number of ether oxygens (including phenoxy) is 1. The van der Waals surface area contributed by atoms with Crippen LogP contribution in [0.25, 0.3) is 6.08 Å². The van der Waals surface area contributed by atoms with Crippen molar-refractivity contribution in [3.05, 3.63) is 53.4 Å². The summed E-state index contributed by atoms with van der Waals surface area (Å²) < 4.78 is 7.34. The van der Waals surface area contributed by atoms with Gasteiger partial charge >= 0.3 is 0 Å². The summed E-state index contributed by atoms with van der Waals surface area (Å²) in [6, 6.07) is 7.73. The maximum atomic E-state index is 12.2. The van der Waals surface area contributed by atoms with Crippen molar-refractivity contribution in [1.29, 1.82) is 0 Å². The van der Waals surface area contributed by atoms with Gasteiger partial charge in [-0.2, -0.15) is 5.10 Å². The Kier molecular flexibility index (Phi) is 5.15. The molecule has 4 heteroatoms. The normalized spacial score (nSPS) is 11.3. The Morgan fingerprint density at radius 1 is 1.41 bits per heavy atom. The van der Waals surface area contributed by atoms with Crippen LogP contribution in [0.2, 0.25) is 0 Å². The second kappa shape index (κ2) is 7.07. The number of benzene rings is 1. The largest absolute Gasteiger partial charge is 0.493 e. The van der Waals surface area contributed by atoms with Gasteiger partial charge in [-0.3, -0.25) is 9.48 Å². The van der Waals surface area contributed by atoms with Crippen LogP contribution < -0.4 is 4.74 Å². The zero-order chi connectivity index (χ0) is 16.1. The highest BCUT2D eigenvalue weighted by molar-refractivity contribution is 6.07. The van der Waals surface area contributed by atoms with E-state index in [0.717, 1.165) is 17.0 Å². The van der Waals surface area contributed by atoms with E-state index in [2.05, 4.69) is 18.9 Å². The number of aromatic nitrogens is 2. The molecule has 0 bridgehead atoms. The van der Waals surface area contributed by atoms with Crippen molar-refractivity contribution in [2.45, 2.75) is 20.8 Å². The molecular weight excluding hydrogens is 276 g/mol. The Balaban J connectivity index is 2.08. The molecule has 0 spiro atoms. The van der Waals surface area contributed by atoms with Crippen molar-refractivity contribution in [3.8, 4) is 5.75 Å². The lowest BCUT2D eigenvalue weighted by Crippen LogP contribution is -2.04. The minimum Gasteiger partial charge on any atom is -0.493 e. The molecule has 1 heterocycles. The molecule has 2 aromatic rings. The van der Waals surface area contributed by atoms with E-state index in [1.165, 1.54) is 0 Å². The first-order chi connectivity index (χ1) is 10.5. The average Bonchev–Trinajstić information content (AvgIpc) is 2.82. The Bertz CT molecular complexity index is 684. The zero-order valence-electron chi connectivity index (χ0n) is 13.5. The van der Waals surface area contributed by atoms with E-state index in [1.807, 2.05) is 38.2 Å². The molecule has 1 aromatic heterocycles. The lowest BCUT2D eigenvalue weighted by Gasteiger charge is -2.08. The predicted octanol–water partition coefficient (Wildman–Crippen LogP) is 3.66. The van der Waals surface area contributed by atoms with Crippen LogP contribution in [0.5, 0.6) is 5.75 Å². The lowest BCUT2D eigenvalue weighted by atomic mass is 10.1. The topological polar surface area (TPSA) is 44.1 Å². The summed E-state index contributed by atoms with van der Waals surface area (Å²) in [5.74, 6) is 1.26. The van der Waals surface area contributed by atoms with Crippen molar-refractivity contribution in [3.63, 3.8) is 0 Å². The molecule has 0 aliphatic carbocycles.